The van der Waals surface area contributed by atoms with Gasteiger partial charge in [-0.05, 0) is 24.3 Å². The third-order valence-electron chi connectivity index (χ3n) is 4.20. The van der Waals surface area contributed by atoms with E-state index in [1.165, 1.54) is 12.1 Å². The summed E-state index contributed by atoms with van der Waals surface area (Å²) in [6.45, 7) is 0. The highest BCUT2D eigenvalue weighted by Crippen LogP contribution is 2.41. The quantitative estimate of drug-likeness (QED) is 0.535. The summed E-state index contributed by atoms with van der Waals surface area (Å²) in [4.78, 5) is 10.4. The Morgan fingerprint density at radius 2 is 1.38 bits per heavy atom. The number of non-ortho nitro benzene ring substituents is 1. The molecule has 0 atom stereocenters. The molecule has 1 aliphatic rings. The Hall–Kier alpha value is -3.34. The molecule has 0 aliphatic carbocycles. The zero-order valence-corrected chi connectivity index (χ0v) is 12.8. The van der Waals surface area contributed by atoms with E-state index in [-0.39, 0.29) is 16.7 Å². The summed E-state index contributed by atoms with van der Waals surface area (Å²) in [5.41, 5.74) is 5.36. The number of hydrogen-bond donors (Lipinski definition) is 2. The topological polar surface area (TPSA) is 67.2 Å². The first-order valence-electron chi connectivity index (χ1n) is 7.68. The number of fused-ring (bicyclic) bond motifs is 2. The average Bonchev–Trinajstić information content (AvgIpc) is 2.62. The van der Waals surface area contributed by atoms with Gasteiger partial charge in [-0.25, -0.2) is 0 Å². The second-order valence-electron chi connectivity index (χ2n) is 5.68. The van der Waals surface area contributed by atoms with Gasteiger partial charge in [-0.1, -0.05) is 36.4 Å². The largest absolute Gasteiger partial charge is 0.374 e. The molecule has 1 aliphatic heterocycles. The molecule has 118 valence electrons. The van der Waals surface area contributed by atoms with E-state index in [9.17, 15) is 10.1 Å². The lowest BCUT2D eigenvalue weighted by atomic mass is 9.92. The summed E-state index contributed by atoms with van der Waals surface area (Å²) in [5.74, 6) is 0. The van der Waals surface area contributed by atoms with Crippen molar-refractivity contribution in [3.8, 4) is 0 Å². The molecule has 2 N–H and O–H groups in total. The Kier molecular flexibility index (Phi) is 3.39. The van der Waals surface area contributed by atoms with E-state index in [2.05, 4.69) is 34.9 Å². The lowest BCUT2D eigenvalue weighted by Gasteiger charge is -2.30. The number of nitro benzene ring substituents is 1. The fourth-order valence-electron chi connectivity index (χ4n) is 3.04. The van der Waals surface area contributed by atoms with E-state index in [4.69, 9.17) is 0 Å². The molecule has 24 heavy (non-hydrogen) atoms. The summed E-state index contributed by atoms with van der Waals surface area (Å²) >= 11 is 0. The SMILES string of the molecule is O=[N+]([O-])c1ccc(NC2c3ccccc3Nc3ccccc32)cc1. The van der Waals surface area contributed by atoms with E-state index in [0.29, 0.717) is 0 Å². The van der Waals surface area contributed by atoms with Gasteiger partial charge in [-0.15, -0.1) is 0 Å². The number of nitrogens with zero attached hydrogens (tertiary/aromatic N) is 1. The van der Waals surface area contributed by atoms with Crippen molar-refractivity contribution in [2.45, 2.75) is 6.04 Å². The van der Waals surface area contributed by atoms with Crippen LogP contribution in [0.1, 0.15) is 17.2 Å². The van der Waals surface area contributed by atoms with Crippen LogP contribution in [0.4, 0.5) is 22.7 Å². The third-order valence-corrected chi connectivity index (χ3v) is 4.20. The van der Waals surface area contributed by atoms with Crippen molar-refractivity contribution >= 4 is 22.7 Å². The predicted molar refractivity (Wildman–Crippen MR) is 94.7 cm³/mol. The first-order valence-corrected chi connectivity index (χ1v) is 7.68. The van der Waals surface area contributed by atoms with Gasteiger partial charge in [0.25, 0.3) is 5.69 Å². The Balaban J connectivity index is 1.73. The highest BCUT2D eigenvalue weighted by atomic mass is 16.6. The Morgan fingerprint density at radius 3 is 1.92 bits per heavy atom. The van der Waals surface area contributed by atoms with Crippen molar-refractivity contribution in [1.82, 2.24) is 0 Å². The fraction of sp³-hybridized carbons (Fsp3) is 0.0526. The zero-order chi connectivity index (χ0) is 16.5. The molecule has 0 radical (unpaired) electrons. The van der Waals surface area contributed by atoms with Gasteiger partial charge < -0.3 is 10.6 Å². The highest BCUT2D eigenvalue weighted by Gasteiger charge is 2.24. The molecule has 0 fully saturated rings. The van der Waals surface area contributed by atoms with Crippen LogP contribution in [0.25, 0.3) is 0 Å². The van der Waals surface area contributed by atoms with Crippen LogP contribution in [0, 0.1) is 10.1 Å². The highest BCUT2D eigenvalue weighted by molar-refractivity contribution is 5.75. The van der Waals surface area contributed by atoms with E-state index in [1.54, 1.807) is 12.1 Å². The second kappa shape index (κ2) is 5.70. The van der Waals surface area contributed by atoms with Crippen LogP contribution in [0.2, 0.25) is 0 Å². The van der Waals surface area contributed by atoms with Crippen LogP contribution >= 0.6 is 0 Å². The molecule has 0 spiro atoms. The predicted octanol–water partition coefficient (Wildman–Crippen LogP) is 4.85. The van der Waals surface area contributed by atoms with Gasteiger partial charge in [0.1, 0.15) is 0 Å². The summed E-state index contributed by atoms with van der Waals surface area (Å²) in [6, 6.07) is 22.8. The summed E-state index contributed by atoms with van der Waals surface area (Å²) < 4.78 is 0. The summed E-state index contributed by atoms with van der Waals surface area (Å²) in [5, 5.41) is 17.8. The van der Waals surface area contributed by atoms with E-state index in [0.717, 1.165) is 28.2 Å². The molecule has 0 amide bonds. The maximum atomic E-state index is 10.8. The molecule has 0 saturated carbocycles. The molecule has 0 aromatic heterocycles. The molecule has 0 bridgehead atoms. The molecule has 0 saturated heterocycles. The van der Waals surface area contributed by atoms with Gasteiger partial charge in [0.15, 0.2) is 0 Å². The van der Waals surface area contributed by atoms with E-state index < -0.39 is 0 Å². The van der Waals surface area contributed by atoms with Crippen LogP contribution in [0.3, 0.4) is 0 Å². The van der Waals surface area contributed by atoms with Crippen molar-refractivity contribution in [1.29, 1.82) is 0 Å². The summed E-state index contributed by atoms with van der Waals surface area (Å²) in [7, 11) is 0. The Bertz CT molecular complexity index is 861. The maximum Gasteiger partial charge on any atom is 0.269 e. The first-order chi connectivity index (χ1) is 11.7. The fourth-order valence-corrected chi connectivity index (χ4v) is 3.04. The van der Waals surface area contributed by atoms with E-state index in [1.807, 2.05) is 24.3 Å². The normalized spacial score (nSPS) is 12.7. The van der Waals surface area contributed by atoms with E-state index >= 15 is 0 Å². The lowest BCUT2D eigenvalue weighted by molar-refractivity contribution is -0.384. The molecular formula is C19H15N3O2. The molecular weight excluding hydrogens is 302 g/mol. The van der Waals surface area contributed by atoms with Crippen LogP contribution in [0.15, 0.2) is 72.8 Å². The van der Waals surface area contributed by atoms with Gasteiger partial charge >= 0.3 is 0 Å². The number of anilines is 3. The van der Waals surface area contributed by atoms with Crippen molar-refractivity contribution in [2.75, 3.05) is 10.6 Å². The molecule has 4 rings (SSSR count). The zero-order valence-electron chi connectivity index (χ0n) is 12.8. The van der Waals surface area contributed by atoms with Crippen LogP contribution in [0.5, 0.6) is 0 Å². The monoisotopic (exact) mass is 317 g/mol. The molecule has 3 aromatic rings. The smallest absolute Gasteiger partial charge is 0.269 e. The molecule has 1 heterocycles. The number of rotatable bonds is 3. The van der Waals surface area contributed by atoms with Gasteiger partial charge in [0.2, 0.25) is 0 Å². The average molecular weight is 317 g/mol. The maximum absolute atomic E-state index is 10.8. The lowest BCUT2D eigenvalue weighted by Crippen LogP contribution is -2.19. The van der Waals surface area contributed by atoms with Crippen LogP contribution in [-0.4, -0.2) is 4.92 Å². The van der Waals surface area contributed by atoms with Gasteiger partial charge in [-0.3, -0.25) is 10.1 Å². The molecule has 5 heteroatoms. The van der Waals surface area contributed by atoms with Gasteiger partial charge in [-0.2, -0.15) is 0 Å². The second-order valence-corrected chi connectivity index (χ2v) is 5.68. The minimum atomic E-state index is -0.390. The number of nitro groups is 1. The molecule has 5 nitrogen and oxygen atoms in total. The molecule has 3 aromatic carbocycles. The number of nitrogens with one attached hydrogen (secondary N) is 2. The Labute approximate surface area is 139 Å². The van der Waals surface area contributed by atoms with Crippen molar-refractivity contribution in [3.63, 3.8) is 0 Å². The minimum absolute atomic E-state index is 0.0138. The third kappa shape index (κ3) is 2.46. The van der Waals surface area contributed by atoms with Crippen LogP contribution < -0.4 is 10.6 Å². The van der Waals surface area contributed by atoms with Crippen molar-refractivity contribution in [3.05, 3.63) is 94.0 Å². The van der Waals surface area contributed by atoms with Crippen LogP contribution in [-0.2, 0) is 0 Å². The van der Waals surface area contributed by atoms with Gasteiger partial charge in [0.05, 0.1) is 11.0 Å². The summed E-state index contributed by atoms with van der Waals surface area (Å²) in [6.07, 6.45) is 0. The molecule has 0 unspecified atom stereocenters. The van der Waals surface area contributed by atoms with Gasteiger partial charge in [0, 0.05) is 40.3 Å². The standard InChI is InChI=1S/C19H15N3O2/c23-22(24)14-11-9-13(10-12-14)20-19-15-5-1-3-7-17(15)21-18-8-4-2-6-16(18)19/h1-12,19-21H. The number of benzene rings is 3. The Morgan fingerprint density at radius 1 is 0.833 bits per heavy atom. The number of para-hydroxylation sites is 2. The van der Waals surface area contributed by atoms with Crippen molar-refractivity contribution in [2.24, 2.45) is 0 Å². The number of hydrogen-bond acceptors (Lipinski definition) is 4. The van der Waals surface area contributed by atoms with Crippen molar-refractivity contribution < 1.29 is 4.92 Å². The first kappa shape index (κ1) is 14.3. The minimum Gasteiger partial charge on any atom is -0.374 e.